The van der Waals surface area contributed by atoms with Gasteiger partial charge < -0.3 is 15.2 Å². The molecule has 0 amide bonds. The summed E-state index contributed by atoms with van der Waals surface area (Å²) in [6.07, 6.45) is 2.62. The Morgan fingerprint density at radius 2 is 1.76 bits per heavy atom. The van der Waals surface area contributed by atoms with E-state index in [4.69, 9.17) is 15.2 Å². The summed E-state index contributed by atoms with van der Waals surface area (Å²) in [5.74, 6) is 0.738. The SMILES string of the molecule is COCCN(CCOC)C(CN)c1ccccc1C1CC1. The fraction of sp³-hybridized carbons (Fsp3) is 0.647. The van der Waals surface area contributed by atoms with Gasteiger partial charge >= 0.3 is 0 Å². The van der Waals surface area contributed by atoms with Crippen molar-refractivity contribution >= 4 is 0 Å². The topological polar surface area (TPSA) is 47.7 Å². The van der Waals surface area contributed by atoms with Crippen molar-refractivity contribution in [2.75, 3.05) is 47.1 Å². The van der Waals surface area contributed by atoms with Crippen LogP contribution in [0.15, 0.2) is 24.3 Å². The summed E-state index contributed by atoms with van der Waals surface area (Å²) in [5, 5.41) is 0. The van der Waals surface area contributed by atoms with Gasteiger partial charge in [-0.3, -0.25) is 4.90 Å². The quantitative estimate of drug-likeness (QED) is 0.718. The van der Waals surface area contributed by atoms with Gasteiger partial charge in [0.15, 0.2) is 0 Å². The summed E-state index contributed by atoms with van der Waals surface area (Å²) in [7, 11) is 3.48. The van der Waals surface area contributed by atoms with Gasteiger partial charge in [-0.05, 0) is 29.9 Å². The molecule has 0 radical (unpaired) electrons. The van der Waals surface area contributed by atoms with E-state index in [0.717, 1.165) is 19.0 Å². The molecular formula is C17H28N2O2. The Bertz CT molecular complexity index is 413. The summed E-state index contributed by atoms with van der Waals surface area (Å²) in [4.78, 5) is 2.38. The van der Waals surface area contributed by atoms with Gasteiger partial charge in [-0.25, -0.2) is 0 Å². The zero-order valence-electron chi connectivity index (χ0n) is 13.3. The molecule has 4 nitrogen and oxygen atoms in total. The van der Waals surface area contributed by atoms with E-state index < -0.39 is 0 Å². The maximum absolute atomic E-state index is 6.12. The monoisotopic (exact) mass is 292 g/mol. The van der Waals surface area contributed by atoms with Gasteiger partial charge in [-0.2, -0.15) is 0 Å². The van der Waals surface area contributed by atoms with Gasteiger partial charge in [0.1, 0.15) is 0 Å². The average Bonchev–Trinajstić information content (AvgIpc) is 3.35. The van der Waals surface area contributed by atoms with Gasteiger partial charge in [0.05, 0.1) is 13.2 Å². The van der Waals surface area contributed by atoms with E-state index in [1.165, 1.54) is 24.0 Å². The van der Waals surface area contributed by atoms with Crippen LogP contribution in [-0.4, -0.2) is 52.0 Å². The first-order valence-electron chi connectivity index (χ1n) is 7.82. The minimum absolute atomic E-state index is 0.243. The van der Waals surface area contributed by atoms with E-state index in [1.54, 1.807) is 14.2 Å². The molecule has 1 aliphatic carbocycles. The van der Waals surface area contributed by atoms with Crippen LogP contribution in [0.2, 0.25) is 0 Å². The van der Waals surface area contributed by atoms with Crippen LogP contribution >= 0.6 is 0 Å². The van der Waals surface area contributed by atoms with Crippen molar-refractivity contribution in [2.24, 2.45) is 5.73 Å². The zero-order valence-corrected chi connectivity index (χ0v) is 13.3. The van der Waals surface area contributed by atoms with E-state index in [1.807, 2.05) is 0 Å². The van der Waals surface area contributed by atoms with E-state index in [2.05, 4.69) is 29.2 Å². The first-order chi connectivity index (χ1) is 10.3. The number of benzene rings is 1. The molecule has 0 saturated heterocycles. The molecule has 1 aromatic rings. The van der Waals surface area contributed by atoms with Gasteiger partial charge in [0.25, 0.3) is 0 Å². The molecular weight excluding hydrogens is 264 g/mol. The van der Waals surface area contributed by atoms with Crippen LogP contribution in [0.1, 0.15) is 35.9 Å². The van der Waals surface area contributed by atoms with Crippen LogP contribution in [0, 0.1) is 0 Å². The molecule has 1 aliphatic rings. The van der Waals surface area contributed by atoms with Gasteiger partial charge in [0, 0.05) is 39.9 Å². The highest BCUT2D eigenvalue weighted by Gasteiger charge is 2.29. The normalized spacial score (nSPS) is 16.4. The molecule has 1 atom stereocenters. The molecule has 2 N–H and O–H groups in total. The predicted octanol–water partition coefficient (Wildman–Crippen LogP) is 2.16. The molecule has 1 aromatic carbocycles. The van der Waals surface area contributed by atoms with Gasteiger partial charge in [-0.1, -0.05) is 24.3 Å². The average molecular weight is 292 g/mol. The van der Waals surface area contributed by atoms with Crippen LogP contribution in [0.25, 0.3) is 0 Å². The van der Waals surface area contributed by atoms with E-state index in [0.29, 0.717) is 19.8 Å². The van der Waals surface area contributed by atoms with Crippen molar-refractivity contribution in [3.05, 3.63) is 35.4 Å². The Labute approximate surface area is 128 Å². The summed E-state index contributed by atoms with van der Waals surface area (Å²) < 4.78 is 10.5. The predicted molar refractivity (Wildman–Crippen MR) is 85.5 cm³/mol. The molecule has 1 fully saturated rings. The minimum Gasteiger partial charge on any atom is -0.383 e. The standard InChI is InChI=1S/C17H28N2O2/c1-20-11-9-19(10-12-21-2)17(13-18)16-6-4-3-5-15(16)14-7-8-14/h3-6,14,17H,7-13,18H2,1-2H3. The molecule has 0 heterocycles. The second-order valence-corrected chi connectivity index (χ2v) is 5.68. The number of nitrogens with zero attached hydrogens (tertiary/aromatic N) is 1. The number of rotatable bonds is 10. The summed E-state index contributed by atoms with van der Waals surface area (Å²) in [5.41, 5.74) is 8.98. The molecule has 0 bridgehead atoms. The fourth-order valence-electron chi connectivity index (χ4n) is 2.89. The number of ether oxygens (including phenoxy) is 2. The Morgan fingerprint density at radius 1 is 1.14 bits per heavy atom. The highest BCUT2D eigenvalue weighted by atomic mass is 16.5. The van der Waals surface area contributed by atoms with Gasteiger partial charge in [-0.15, -0.1) is 0 Å². The maximum atomic E-state index is 6.12. The molecule has 0 aliphatic heterocycles. The number of hydrogen-bond donors (Lipinski definition) is 1. The van der Waals surface area contributed by atoms with Crippen molar-refractivity contribution in [3.63, 3.8) is 0 Å². The lowest BCUT2D eigenvalue weighted by atomic mass is 9.96. The molecule has 2 rings (SSSR count). The summed E-state index contributed by atoms with van der Waals surface area (Å²) in [6, 6.07) is 9.00. The van der Waals surface area contributed by atoms with Crippen LogP contribution < -0.4 is 5.73 Å². The first kappa shape index (κ1) is 16.4. The van der Waals surface area contributed by atoms with E-state index >= 15 is 0 Å². The molecule has 1 saturated carbocycles. The second-order valence-electron chi connectivity index (χ2n) is 5.68. The van der Waals surface area contributed by atoms with Crippen LogP contribution in [0.5, 0.6) is 0 Å². The fourth-order valence-corrected chi connectivity index (χ4v) is 2.89. The van der Waals surface area contributed by atoms with Crippen molar-refractivity contribution in [3.8, 4) is 0 Å². The highest BCUT2D eigenvalue weighted by Crippen LogP contribution is 2.43. The minimum atomic E-state index is 0.243. The molecule has 21 heavy (non-hydrogen) atoms. The Morgan fingerprint density at radius 3 is 2.29 bits per heavy atom. The smallest absolute Gasteiger partial charge is 0.0589 e. The summed E-state index contributed by atoms with van der Waals surface area (Å²) >= 11 is 0. The summed E-state index contributed by atoms with van der Waals surface area (Å²) in [6.45, 7) is 3.80. The maximum Gasteiger partial charge on any atom is 0.0589 e. The second kappa shape index (κ2) is 8.49. The largest absolute Gasteiger partial charge is 0.383 e. The van der Waals surface area contributed by atoms with Crippen LogP contribution in [-0.2, 0) is 9.47 Å². The van der Waals surface area contributed by atoms with Crippen molar-refractivity contribution < 1.29 is 9.47 Å². The lowest BCUT2D eigenvalue weighted by Crippen LogP contribution is -2.38. The highest BCUT2D eigenvalue weighted by molar-refractivity contribution is 5.35. The zero-order chi connectivity index (χ0) is 15.1. The van der Waals surface area contributed by atoms with Crippen molar-refractivity contribution in [1.82, 2.24) is 4.90 Å². The van der Waals surface area contributed by atoms with Crippen LogP contribution in [0.4, 0.5) is 0 Å². The van der Waals surface area contributed by atoms with Crippen molar-refractivity contribution in [1.29, 1.82) is 0 Å². The molecule has 0 aromatic heterocycles. The number of nitrogens with two attached hydrogens (primary N) is 1. The molecule has 0 spiro atoms. The Hall–Kier alpha value is -0.940. The van der Waals surface area contributed by atoms with Crippen molar-refractivity contribution in [2.45, 2.75) is 24.8 Å². The van der Waals surface area contributed by atoms with E-state index in [9.17, 15) is 0 Å². The van der Waals surface area contributed by atoms with Crippen LogP contribution in [0.3, 0.4) is 0 Å². The molecule has 4 heteroatoms. The Balaban J connectivity index is 2.17. The Kier molecular flexibility index (Phi) is 6.64. The first-order valence-corrected chi connectivity index (χ1v) is 7.82. The third-order valence-corrected chi connectivity index (χ3v) is 4.20. The number of hydrogen-bond acceptors (Lipinski definition) is 4. The lowest BCUT2D eigenvalue weighted by molar-refractivity contribution is 0.0888. The van der Waals surface area contributed by atoms with E-state index in [-0.39, 0.29) is 6.04 Å². The molecule has 118 valence electrons. The lowest BCUT2D eigenvalue weighted by Gasteiger charge is -2.32. The van der Waals surface area contributed by atoms with Gasteiger partial charge in [0.2, 0.25) is 0 Å². The molecule has 1 unspecified atom stereocenters. The third kappa shape index (κ3) is 4.51. The third-order valence-electron chi connectivity index (χ3n) is 4.20. The number of methoxy groups -OCH3 is 2.